The smallest absolute Gasteiger partial charge is 0.323 e. The summed E-state index contributed by atoms with van der Waals surface area (Å²) < 4.78 is 4.93. The molecule has 1 N–H and O–H groups in total. The minimum atomic E-state index is -0.896. The van der Waals surface area contributed by atoms with Crippen molar-refractivity contribution >= 4 is 17.6 Å². The standard InChI is InChI=1S/C13H15NO4/c1-2-18-13(17)11-9-5-3-4-6-10(9)14(7-8-15)12(11)16/h3-6,11,15H,2,7-8H2,1H3. The van der Waals surface area contributed by atoms with Gasteiger partial charge in [0.1, 0.15) is 0 Å². The first-order valence-corrected chi connectivity index (χ1v) is 5.88. The molecule has 1 heterocycles. The molecule has 1 unspecified atom stereocenters. The Hall–Kier alpha value is -1.88. The Morgan fingerprint density at radius 1 is 1.44 bits per heavy atom. The monoisotopic (exact) mass is 249 g/mol. The number of amides is 1. The molecule has 1 aliphatic rings. The molecular formula is C13H15NO4. The number of aliphatic hydroxyl groups is 1. The number of para-hydroxylation sites is 1. The van der Waals surface area contributed by atoms with Crippen LogP contribution in [0.5, 0.6) is 0 Å². The number of rotatable bonds is 4. The van der Waals surface area contributed by atoms with Crippen LogP contribution in [0.4, 0.5) is 5.69 Å². The third-order valence-electron chi connectivity index (χ3n) is 2.90. The Morgan fingerprint density at radius 3 is 2.83 bits per heavy atom. The highest BCUT2D eigenvalue weighted by Crippen LogP contribution is 2.37. The first-order chi connectivity index (χ1) is 8.70. The predicted molar refractivity (Wildman–Crippen MR) is 65.3 cm³/mol. The third-order valence-corrected chi connectivity index (χ3v) is 2.90. The van der Waals surface area contributed by atoms with E-state index in [9.17, 15) is 9.59 Å². The van der Waals surface area contributed by atoms with E-state index in [1.165, 1.54) is 4.90 Å². The summed E-state index contributed by atoms with van der Waals surface area (Å²) in [7, 11) is 0. The van der Waals surface area contributed by atoms with Crippen LogP contribution in [-0.4, -0.2) is 36.7 Å². The molecule has 0 aliphatic carbocycles. The van der Waals surface area contributed by atoms with Gasteiger partial charge in [0.05, 0.1) is 13.2 Å². The Labute approximate surface area is 105 Å². The van der Waals surface area contributed by atoms with E-state index in [0.717, 1.165) is 0 Å². The van der Waals surface area contributed by atoms with Gasteiger partial charge < -0.3 is 14.7 Å². The average molecular weight is 249 g/mol. The summed E-state index contributed by atoms with van der Waals surface area (Å²) >= 11 is 0. The third kappa shape index (κ3) is 1.97. The van der Waals surface area contributed by atoms with Gasteiger partial charge in [0.25, 0.3) is 0 Å². The number of esters is 1. The zero-order chi connectivity index (χ0) is 13.1. The number of carbonyl (C=O) groups excluding carboxylic acids is 2. The molecule has 0 saturated carbocycles. The second kappa shape index (κ2) is 5.18. The second-order valence-electron chi connectivity index (χ2n) is 3.96. The molecule has 0 bridgehead atoms. The van der Waals surface area contributed by atoms with Crippen LogP contribution in [0.25, 0.3) is 0 Å². The van der Waals surface area contributed by atoms with Gasteiger partial charge in [-0.1, -0.05) is 18.2 Å². The summed E-state index contributed by atoms with van der Waals surface area (Å²) in [6.45, 7) is 1.99. The van der Waals surface area contributed by atoms with E-state index in [1.807, 2.05) is 0 Å². The number of aliphatic hydroxyl groups excluding tert-OH is 1. The average Bonchev–Trinajstić information content (AvgIpc) is 2.64. The van der Waals surface area contributed by atoms with Crippen LogP contribution in [0.1, 0.15) is 18.4 Å². The first kappa shape index (κ1) is 12.6. The van der Waals surface area contributed by atoms with Gasteiger partial charge in [-0.2, -0.15) is 0 Å². The van der Waals surface area contributed by atoms with Crippen molar-refractivity contribution in [3.05, 3.63) is 29.8 Å². The molecule has 1 atom stereocenters. The largest absolute Gasteiger partial charge is 0.465 e. The second-order valence-corrected chi connectivity index (χ2v) is 3.96. The maximum atomic E-state index is 12.2. The molecule has 96 valence electrons. The normalized spacial score (nSPS) is 17.8. The number of fused-ring (bicyclic) bond motifs is 1. The molecule has 0 aromatic heterocycles. The molecule has 0 fully saturated rings. The number of hydrogen-bond acceptors (Lipinski definition) is 4. The van der Waals surface area contributed by atoms with E-state index in [0.29, 0.717) is 11.3 Å². The molecule has 18 heavy (non-hydrogen) atoms. The Morgan fingerprint density at radius 2 is 2.17 bits per heavy atom. The zero-order valence-electron chi connectivity index (χ0n) is 10.1. The van der Waals surface area contributed by atoms with Gasteiger partial charge in [-0.25, -0.2) is 0 Å². The van der Waals surface area contributed by atoms with Gasteiger partial charge in [0, 0.05) is 12.2 Å². The van der Waals surface area contributed by atoms with Crippen molar-refractivity contribution < 1.29 is 19.4 Å². The zero-order valence-corrected chi connectivity index (χ0v) is 10.1. The number of ether oxygens (including phenoxy) is 1. The van der Waals surface area contributed by atoms with Gasteiger partial charge >= 0.3 is 5.97 Å². The molecule has 0 saturated heterocycles. The highest BCUT2D eigenvalue weighted by atomic mass is 16.5. The van der Waals surface area contributed by atoms with Crippen LogP contribution >= 0.6 is 0 Å². The maximum absolute atomic E-state index is 12.2. The fourth-order valence-electron chi connectivity index (χ4n) is 2.17. The Bertz CT molecular complexity index is 472. The molecule has 1 amide bonds. The van der Waals surface area contributed by atoms with Crippen molar-refractivity contribution in [3.8, 4) is 0 Å². The van der Waals surface area contributed by atoms with Crippen molar-refractivity contribution in [1.29, 1.82) is 0 Å². The van der Waals surface area contributed by atoms with E-state index < -0.39 is 11.9 Å². The quantitative estimate of drug-likeness (QED) is 0.629. The molecule has 1 aromatic carbocycles. The van der Waals surface area contributed by atoms with Gasteiger partial charge in [-0.05, 0) is 18.6 Å². The Balaban J connectivity index is 2.38. The minimum Gasteiger partial charge on any atom is -0.465 e. The van der Waals surface area contributed by atoms with E-state index in [1.54, 1.807) is 31.2 Å². The van der Waals surface area contributed by atoms with Crippen LogP contribution < -0.4 is 4.90 Å². The van der Waals surface area contributed by atoms with Crippen molar-refractivity contribution in [3.63, 3.8) is 0 Å². The summed E-state index contributed by atoms with van der Waals surface area (Å²) in [4.78, 5) is 25.4. The summed E-state index contributed by atoms with van der Waals surface area (Å²) in [6, 6.07) is 7.08. The highest BCUT2D eigenvalue weighted by molar-refractivity contribution is 6.16. The lowest BCUT2D eigenvalue weighted by Gasteiger charge is -2.15. The number of anilines is 1. The van der Waals surface area contributed by atoms with Crippen molar-refractivity contribution in [2.24, 2.45) is 0 Å². The van der Waals surface area contributed by atoms with Crippen LogP contribution in [0.3, 0.4) is 0 Å². The molecule has 0 spiro atoms. The highest BCUT2D eigenvalue weighted by Gasteiger charge is 2.42. The predicted octanol–water partition coefficient (Wildman–Crippen LogP) is 0.672. The van der Waals surface area contributed by atoms with Crippen molar-refractivity contribution in [2.75, 3.05) is 24.7 Å². The van der Waals surface area contributed by atoms with E-state index in [4.69, 9.17) is 9.84 Å². The fourth-order valence-corrected chi connectivity index (χ4v) is 2.17. The van der Waals surface area contributed by atoms with Crippen molar-refractivity contribution in [1.82, 2.24) is 0 Å². The summed E-state index contributed by atoms with van der Waals surface area (Å²) in [5.74, 6) is -1.76. The minimum absolute atomic E-state index is 0.143. The summed E-state index contributed by atoms with van der Waals surface area (Å²) in [6.07, 6.45) is 0. The lowest BCUT2D eigenvalue weighted by molar-refractivity contribution is -0.147. The first-order valence-electron chi connectivity index (χ1n) is 5.88. The number of hydrogen-bond donors (Lipinski definition) is 1. The summed E-state index contributed by atoms with van der Waals surface area (Å²) in [5.41, 5.74) is 1.32. The van der Waals surface area contributed by atoms with Crippen LogP contribution in [0.2, 0.25) is 0 Å². The van der Waals surface area contributed by atoms with Crippen LogP contribution in [-0.2, 0) is 14.3 Å². The van der Waals surface area contributed by atoms with Gasteiger partial charge in [0.2, 0.25) is 5.91 Å². The molecule has 2 rings (SSSR count). The van der Waals surface area contributed by atoms with Gasteiger partial charge in [0.15, 0.2) is 5.92 Å². The summed E-state index contributed by atoms with van der Waals surface area (Å²) in [5, 5.41) is 8.99. The van der Waals surface area contributed by atoms with E-state index in [2.05, 4.69) is 0 Å². The number of nitrogens with zero attached hydrogens (tertiary/aromatic N) is 1. The lowest BCUT2D eigenvalue weighted by Crippen LogP contribution is -2.34. The van der Waals surface area contributed by atoms with Gasteiger partial charge in [-0.3, -0.25) is 9.59 Å². The van der Waals surface area contributed by atoms with Crippen molar-refractivity contribution in [2.45, 2.75) is 12.8 Å². The van der Waals surface area contributed by atoms with Crippen LogP contribution in [0.15, 0.2) is 24.3 Å². The van der Waals surface area contributed by atoms with Crippen LogP contribution in [0, 0.1) is 0 Å². The molecule has 5 heteroatoms. The lowest BCUT2D eigenvalue weighted by atomic mass is 10.0. The van der Waals surface area contributed by atoms with E-state index in [-0.39, 0.29) is 25.7 Å². The number of carbonyl (C=O) groups is 2. The van der Waals surface area contributed by atoms with Gasteiger partial charge in [-0.15, -0.1) is 0 Å². The number of benzene rings is 1. The van der Waals surface area contributed by atoms with E-state index >= 15 is 0 Å². The fraction of sp³-hybridized carbons (Fsp3) is 0.385. The molecule has 5 nitrogen and oxygen atoms in total. The maximum Gasteiger partial charge on any atom is 0.323 e. The molecule has 1 aromatic rings. The topological polar surface area (TPSA) is 66.8 Å². The molecule has 1 aliphatic heterocycles. The SMILES string of the molecule is CCOC(=O)C1C(=O)N(CCO)c2ccccc21. The molecule has 0 radical (unpaired) electrons. The molecular weight excluding hydrogens is 234 g/mol. The Kier molecular flexibility index (Phi) is 3.62. The number of β-amino-alcohol motifs (C(OH)–C–C–N with tert-alkyl or cyclic N) is 1.